The Hall–Kier alpha value is -0.573. The van der Waals surface area contributed by atoms with Crippen LogP contribution in [0.25, 0.3) is 0 Å². The number of Topliss-reactive ketones (excluding diaryl/α,β-unsaturated/α-hetero) is 1. The quantitative estimate of drug-likeness (QED) is 0.697. The van der Waals surface area contributed by atoms with E-state index in [9.17, 15) is 4.79 Å². The van der Waals surface area contributed by atoms with Gasteiger partial charge in [-0.3, -0.25) is 4.79 Å². The molecule has 0 bridgehead atoms. The molecule has 0 aliphatic heterocycles. The fourth-order valence-electron chi connectivity index (χ4n) is 3.17. The van der Waals surface area contributed by atoms with Gasteiger partial charge >= 0.3 is 0 Å². The van der Waals surface area contributed by atoms with Crippen LogP contribution in [0.15, 0.2) is 11.8 Å². The molecule has 0 aromatic rings. The second-order valence-electron chi connectivity index (χ2n) is 7.00. The molecular weight excluding hydrogens is 228 g/mol. The van der Waals surface area contributed by atoms with Crippen LogP contribution in [0.1, 0.15) is 39.5 Å². The molecule has 17 heavy (non-hydrogen) atoms. The highest BCUT2D eigenvalue weighted by molar-refractivity contribution is 6.70. The smallest absolute Gasteiger partial charge is 0.241 e. The minimum atomic E-state index is -1.52. The first-order valence-corrected chi connectivity index (χ1v) is 10.0. The number of carbonyl (C=O) groups excluding carboxylic acids is 1. The Balaban J connectivity index is 2.27. The molecule has 2 aliphatic carbocycles. The fraction of sp³-hybridized carbons (Fsp3) is 0.786. The minimum absolute atomic E-state index is 0.0251. The van der Waals surface area contributed by atoms with Crippen LogP contribution >= 0.6 is 0 Å². The molecule has 0 aromatic carbocycles. The highest BCUT2D eigenvalue weighted by Crippen LogP contribution is 2.57. The lowest BCUT2D eigenvalue weighted by Gasteiger charge is -2.42. The van der Waals surface area contributed by atoms with Crippen molar-refractivity contribution in [2.24, 2.45) is 10.8 Å². The number of hydrogen-bond acceptors (Lipinski definition) is 2. The van der Waals surface area contributed by atoms with E-state index in [-0.39, 0.29) is 10.8 Å². The van der Waals surface area contributed by atoms with E-state index in [4.69, 9.17) is 4.43 Å². The Labute approximate surface area is 106 Å². The first-order valence-electron chi connectivity index (χ1n) is 6.60. The summed E-state index contributed by atoms with van der Waals surface area (Å²) in [6.07, 6.45) is 5.88. The van der Waals surface area contributed by atoms with Crippen molar-refractivity contribution in [2.45, 2.75) is 59.2 Å². The highest BCUT2D eigenvalue weighted by atomic mass is 28.4. The Morgan fingerprint density at radius 1 is 1.18 bits per heavy atom. The molecule has 0 aromatic heterocycles. The molecular formula is C14H24O2Si. The van der Waals surface area contributed by atoms with Gasteiger partial charge in [0, 0.05) is 23.7 Å². The van der Waals surface area contributed by atoms with E-state index in [2.05, 4.69) is 39.6 Å². The Kier molecular flexibility index (Phi) is 2.81. The van der Waals surface area contributed by atoms with Crippen molar-refractivity contribution in [1.82, 2.24) is 0 Å². The van der Waals surface area contributed by atoms with Gasteiger partial charge in [-0.2, -0.15) is 0 Å². The van der Waals surface area contributed by atoms with Crippen molar-refractivity contribution in [1.29, 1.82) is 0 Å². The zero-order valence-electron chi connectivity index (χ0n) is 11.7. The van der Waals surface area contributed by atoms with Crippen LogP contribution < -0.4 is 0 Å². The topological polar surface area (TPSA) is 26.3 Å². The van der Waals surface area contributed by atoms with Gasteiger partial charge in [-0.15, -0.1) is 0 Å². The SMILES string of the molecule is C[C@@]12CCC(O[Si](C)(C)C)=C[C@]1(C)CCC2=O. The molecule has 0 unspecified atom stereocenters. The summed E-state index contributed by atoms with van der Waals surface area (Å²) in [4.78, 5) is 12.1. The monoisotopic (exact) mass is 252 g/mol. The van der Waals surface area contributed by atoms with E-state index < -0.39 is 8.32 Å². The highest BCUT2D eigenvalue weighted by Gasteiger charge is 2.54. The van der Waals surface area contributed by atoms with Crippen LogP contribution in [0.3, 0.4) is 0 Å². The van der Waals surface area contributed by atoms with Gasteiger partial charge in [-0.05, 0) is 38.6 Å². The average Bonchev–Trinajstić information content (AvgIpc) is 2.39. The Morgan fingerprint density at radius 3 is 2.41 bits per heavy atom. The molecule has 1 saturated carbocycles. The van der Waals surface area contributed by atoms with Crippen LogP contribution in [-0.4, -0.2) is 14.1 Å². The van der Waals surface area contributed by atoms with Gasteiger partial charge in [0.2, 0.25) is 8.32 Å². The normalized spacial score (nSPS) is 37.7. The van der Waals surface area contributed by atoms with Crippen LogP contribution in [0.4, 0.5) is 0 Å². The van der Waals surface area contributed by atoms with E-state index in [1.165, 1.54) is 0 Å². The summed E-state index contributed by atoms with van der Waals surface area (Å²) < 4.78 is 6.12. The van der Waals surface area contributed by atoms with E-state index in [0.717, 1.165) is 31.4 Å². The molecule has 2 rings (SSSR count). The van der Waals surface area contributed by atoms with Gasteiger partial charge < -0.3 is 4.43 Å². The van der Waals surface area contributed by atoms with Crippen molar-refractivity contribution in [3.05, 3.63) is 11.8 Å². The molecule has 0 amide bonds. The number of carbonyl (C=O) groups is 1. The van der Waals surface area contributed by atoms with Gasteiger partial charge in [-0.25, -0.2) is 0 Å². The van der Waals surface area contributed by atoms with Crippen LogP contribution in [0.5, 0.6) is 0 Å². The first-order chi connectivity index (χ1) is 7.66. The summed E-state index contributed by atoms with van der Waals surface area (Å²) in [6.45, 7) is 11.0. The van der Waals surface area contributed by atoms with Crippen LogP contribution in [0.2, 0.25) is 19.6 Å². The summed E-state index contributed by atoms with van der Waals surface area (Å²) in [5.41, 5.74) is -0.114. The molecule has 0 N–H and O–H groups in total. The summed E-state index contributed by atoms with van der Waals surface area (Å²) in [5.74, 6) is 1.59. The molecule has 0 heterocycles. The lowest BCUT2D eigenvalue weighted by Crippen LogP contribution is -2.40. The summed E-state index contributed by atoms with van der Waals surface area (Å²) in [7, 11) is -1.52. The fourth-order valence-corrected chi connectivity index (χ4v) is 4.12. The zero-order chi connectivity index (χ0) is 12.9. The lowest BCUT2D eigenvalue weighted by molar-refractivity contribution is -0.128. The number of allylic oxidation sites excluding steroid dienone is 2. The van der Waals surface area contributed by atoms with Gasteiger partial charge in [0.25, 0.3) is 0 Å². The standard InChI is InChI=1S/C14H24O2Si/c1-13-8-7-12(15)14(13,2)9-6-11(10-13)16-17(3,4)5/h10H,6-9H2,1-5H3/t13-,14-/m0/s1. The van der Waals surface area contributed by atoms with E-state index in [1.807, 2.05) is 0 Å². The molecule has 96 valence electrons. The molecule has 1 fully saturated rings. The largest absolute Gasteiger partial charge is 0.548 e. The van der Waals surface area contributed by atoms with Gasteiger partial charge in [0.05, 0.1) is 5.76 Å². The van der Waals surface area contributed by atoms with Crippen LogP contribution in [0, 0.1) is 10.8 Å². The summed E-state index contributed by atoms with van der Waals surface area (Å²) >= 11 is 0. The lowest BCUT2D eigenvalue weighted by atomic mass is 9.62. The molecule has 0 radical (unpaired) electrons. The Morgan fingerprint density at radius 2 is 1.82 bits per heavy atom. The second-order valence-corrected chi connectivity index (χ2v) is 11.4. The van der Waals surface area contributed by atoms with Crippen LogP contribution in [-0.2, 0) is 9.22 Å². The van der Waals surface area contributed by atoms with Crippen molar-refractivity contribution >= 4 is 14.1 Å². The summed E-state index contributed by atoms with van der Waals surface area (Å²) in [6, 6.07) is 0. The number of fused-ring (bicyclic) bond motifs is 1. The van der Waals surface area contributed by atoms with Crippen molar-refractivity contribution in [3.63, 3.8) is 0 Å². The third-order valence-electron chi connectivity index (χ3n) is 4.54. The molecule has 2 aliphatic rings. The van der Waals surface area contributed by atoms with Crippen molar-refractivity contribution in [2.75, 3.05) is 0 Å². The maximum absolute atomic E-state index is 12.1. The van der Waals surface area contributed by atoms with Gasteiger partial charge in [0.1, 0.15) is 5.78 Å². The predicted octanol–water partition coefficient (Wildman–Crippen LogP) is 3.89. The molecule has 3 heteroatoms. The maximum atomic E-state index is 12.1. The number of ketones is 1. The van der Waals surface area contributed by atoms with Gasteiger partial charge in [0.15, 0.2) is 0 Å². The van der Waals surface area contributed by atoms with Gasteiger partial charge in [-0.1, -0.05) is 13.8 Å². The minimum Gasteiger partial charge on any atom is -0.548 e. The third-order valence-corrected chi connectivity index (χ3v) is 5.41. The van der Waals surface area contributed by atoms with Crippen molar-refractivity contribution in [3.8, 4) is 0 Å². The molecule has 0 saturated heterocycles. The first kappa shape index (κ1) is 12.9. The third kappa shape index (κ3) is 2.10. The van der Waals surface area contributed by atoms with E-state index >= 15 is 0 Å². The number of rotatable bonds is 2. The maximum Gasteiger partial charge on any atom is 0.241 e. The van der Waals surface area contributed by atoms with E-state index in [0.29, 0.717) is 5.78 Å². The molecule has 0 spiro atoms. The number of hydrogen-bond donors (Lipinski definition) is 0. The Bertz CT molecular complexity index is 380. The predicted molar refractivity (Wildman–Crippen MR) is 72.2 cm³/mol. The molecule has 2 atom stereocenters. The molecule has 2 nitrogen and oxygen atoms in total. The average molecular weight is 252 g/mol. The summed E-state index contributed by atoms with van der Waals surface area (Å²) in [5, 5.41) is 0. The van der Waals surface area contributed by atoms with E-state index in [1.54, 1.807) is 0 Å². The second kappa shape index (κ2) is 3.71. The zero-order valence-corrected chi connectivity index (χ0v) is 12.7. The van der Waals surface area contributed by atoms with Crippen molar-refractivity contribution < 1.29 is 9.22 Å².